The zero-order chi connectivity index (χ0) is 12.7. The van der Waals surface area contributed by atoms with Gasteiger partial charge >= 0.3 is 0 Å². The quantitative estimate of drug-likeness (QED) is 0.734. The summed E-state index contributed by atoms with van der Waals surface area (Å²) < 4.78 is 0. The summed E-state index contributed by atoms with van der Waals surface area (Å²) in [7, 11) is 1.77. The van der Waals surface area contributed by atoms with Gasteiger partial charge in [0.2, 0.25) is 5.91 Å². The molecule has 1 amide bonds. The molecule has 0 fully saturated rings. The lowest BCUT2D eigenvalue weighted by molar-refractivity contribution is -0.120. The SMILES string of the molecule is CNCC(=O)NCCCc1ccc(C)cc1C. The summed E-state index contributed by atoms with van der Waals surface area (Å²) in [4.78, 5) is 11.2. The van der Waals surface area contributed by atoms with E-state index in [1.165, 1.54) is 16.7 Å². The molecule has 0 saturated carbocycles. The summed E-state index contributed by atoms with van der Waals surface area (Å²) in [5.41, 5.74) is 4.01. The molecule has 17 heavy (non-hydrogen) atoms. The highest BCUT2D eigenvalue weighted by atomic mass is 16.1. The Balaban J connectivity index is 2.29. The maximum Gasteiger partial charge on any atom is 0.233 e. The van der Waals surface area contributed by atoms with Gasteiger partial charge in [-0.05, 0) is 44.9 Å². The first kappa shape index (κ1) is 13.7. The molecule has 0 saturated heterocycles. The fourth-order valence-electron chi connectivity index (χ4n) is 1.86. The molecule has 2 N–H and O–H groups in total. The number of aryl methyl sites for hydroxylation is 3. The Kier molecular flexibility index (Phi) is 5.70. The zero-order valence-electron chi connectivity index (χ0n) is 11.0. The molecule has 0 unspecified atom stereocenters. The van der Waals surface area contributed by atoms with E-state index < -0.39 is 0 Å². The fraction of sp³-hybridized carbons (Fsp3) is 0.500. The molecule has 0 heterocycles. The van der Waals surface area contributed by atoms with Crippen LogP contribution >= 0.6 is 0 Å². The molecule has 1 aromatic rings. The highest BCUT2D eigenvalue weighted by Gasteiger charge is 2.00. The second-order valence-electron chi connectivity index (χ2n) is 4.41. The van der Waals surface area contributed by atoms with E-state index in [4.69, 9.17) is 0 Å². The van der Waals surface area contributed by atoms with Crippen molar-refractivity contribution in [3.63, 3.8) is 0 Å². The molecular formula is C14H22N2O. The number of hydrogen-bond donors (Lipinski definition) is 2. The third-order valence-corrected chi connectivity index (χ3v) is 2.78. The number of amides is 1. The van der Waals surface area contributed by atoms with E-state index >= 15 is 0 Å². The monoisotopic (exact) mass is 234 g/mol. The lowest BCUT2D eigenvalue weighted by atomic mass is 10.0. The Morgan fingerprint density at radius 2 is 2.06 bits per heavy atom. The molecule has 3 nitrogen and oxygen atoms in total. The van der Waals surface area contributed by atoms with Gasteiger partial charge in [0, 0.05) is 6.54 Å². The minimum Gasteiger partial charge on any atom is -0.355 e. The molecule has 0 bridgehead atoms. The summed E-state index contributed by atoms with van der Waals surface area (Å²) in [6.45, 7) is 5.38. The predicted molar refractivity (Wildman–Crippen MR) is 71.2 cm³/mol. The van der Waals surface area contributed by atoms with Crippen LogP contribution < -0.4 is 10.6 Å². The molecular weight excluding hydrogens is 212 g/mol. The lowest BCUT2D eigenvalue weighted by Gasteiger charge is -2.08. The van der Waals surface area contributed by atoms with Crippen LogP contribution in [0.3, 0.4) is 0 Å². The van der Waals surface area contributed by atoms with Crippen molar-refractivity contribution in [2.75, 3.05) is 20.1 Å². The van der Waals surface area contributed by atoms with E-state index in [1.54, 1.807) is 7.05 Å². The smallest absolute Gasteiger partial charge is 0.233 e. The normalized spacial score (nSPS) is 10.3. The zero-order valence-corrected chi connectivity index (χ0v) is 11.0. The average molecular weight is 234 g/mol. The third kappa shape index (κ3) is 5.00. The molecule has 94 valence electrons. The van der Waals surface area contributed by atoms with Gasteiger partial charge in [0.15, 0.2) is 0 Å². The van der Waals surface area contributed by atoms with Crippen molar-refractivity contribution < 1.29 is 4.79 Å². The highest BCUT2D eigenvalue weighted by Crippen LogP contribution is 2.12. The van der Waals surface area contributed by atoms with Gasteiger partial charge in [0.05, 0.1) is 6.54 Å². The molecule has 0 aliphatic carbocycles. The van der Waals surface area contributed by atoms with Crippen LogP contribution in [0, 0.1) is 13.8 Å². The Labute approximate surface area is 104 Å². The summed E-state index contributed by atoms with van der Waals surface area (Å²) >= 11 is 0. The molecule has 0 radical (unpaired) electrons. The van der Waals surface area contributed by atoms with Crippen LogP contribution in [0.1, 0.15) is 23.1 Å². The number of rotatable bonds is 6. The Morgan fingerprint density at radius 3 is 2.71 bits per heavy atom. The van der Waals surface area contributed by atoms with Crippen molar-refractivity contribution in [1.82, 2.24) is 10.6 Å². The number of nitrogens with one attached hydrogen (secondary N) is 2. The predicted octanol–water partition coefficient (Wildman–Crippen LogP) is 1.57. The van der Waals surface area contributed by atoms with Gasteiger partial charge in [0.25, 0.3) is 0 Å². The van der Waals surface area contributed by atoms with Gasteiger partial charge in [-0.2, -0.15) is 0 Å². The standard InChI is InChI=1S/C14H22N2O/c1-11-6-7-13(12(2)9-11)5-4-8-16-14(17)10-15-3/h6-7,9,15H,4-5,8,10H2,1-3H3,(H,16,17). The van der Waals surface area contributed by atoms with E-state index in [-0.39, 0.29) is 5.91 Å². The van der Waals surface area contributed by atoms with Crippen molar-refractivity contribution in [1.29, 1.82) is 0 Å². The molecule has 0 aliphatic rings. The van der Waals surface area contributed by atoms with Crippen molar-refractivity contribution in [3.8, 4) is 0 Å². The molecule has 1 aromatic carbocycles. The first-order valence-electron chi connectivity index (χ1n) is 6.11. The number of likely N-dealkylation sites (N-methyl/N-ethyl adjacent to an activating group) is 1. The van der Waals surface area contributed by atoms with Crippen molar-refractivity contribution >= 4 is 5.91 Å². The fourth-order valence-corrected chi connectivity index (χ4v) is 1.86. The van der Waals surface area contributed by atoms with Gasteiger partial charge in [0.1, 0.15) is 0 Å². The van der Waals surface area contributed by atoms with E-state index in [0.717, 1.165) is 19.4 Å². The number of hydrogen-bond acceptors (Lipinski definition) is 2. The number of benzene rings is 1. The maximum absolute atomic E-state index is 11.2. The van der Waals surface area contributed by atoms with Crippen LogP contribution in [-0.2, 0) is 11.2 Å². The van der Waals surface area contributed by atoms with E-state index in [1.807, 2.05) is 0 Å². The summed E-state index contributed by atoms with van der Waals surface area (Å²) in [6, 6.07) is 6.52. The second-order valence-corrected chi connectivity index (χ2v) is 4.41. The van der Waals surface area contributed by atoms with Gasteiger partial charge < -0.3 is 10.6 Å². The van der Waals surface area contributed by atoms with Crippen LogP contribution in [0.25, 0.3) is 0 Å². The van der Waals surface area contributed by atoms with E-state index in [9.17, 15) is 4.79 Å². The molecule has 1 rings (SSSR count). The average Bonchev–Trinajstić information content (AvgIpc) is 2.27. The van der Waals surface area contributed by atoms with Crippen LogP contribution in [0.2, 0.25) is 0 Å². The van der Waals surface area contributed by atoms with Crippen LogP contribution in [0.5, 0.6) is 0 Å². The third-order valence-electron chi connectivity index (χ3n) is 2.78. The maximum atomic E-state index is 11.2. The largest absolute Gasteiger partial charge is 0.355 e. The Morgan fingerprint density at radius 1 is 1.29 bits per heavy atom. The molecule has 0 atom stereocenters. The van der Waals surface area contributed by atoms with E-state index in [2.05, 4.69) is 42.7 Å². The van der Waals surface area contributed by atoms with Gasteiger partial charge in [-0.25, -0.2) is 0 Å². The van der Waals surface area contributed by atoms with E-state index in [0.29, 0.717) is 6.54 Å². The van der Waals surface area contributed by atoms with Crippen molar-refractivity contribution in [2.24, 2.45) is 0 Å². The Hall–Kier alpha value is -1.35. The summed E-state index contributed by atoms with van der Waals surface area (Å²) in [5.74, 6) is 0.0631. The number of carbonyl (C=O) groups is 1. The van der Waals surface area contributed by atoms with Gasteiger partial charge in [-0.1, -0.05) is 23.8 Å². The first-order valence-corrected chi connectivity index (χ1v) is 6.11. The molecule has 0 aliphatic heterocycles. The minimum atomic E-state index is 0.0631. The van der Waals surface area contributed by atoms with Crippen LogP contribution in [-0.4, -0.2) is 26.0 Å². The number of carbonyl (C=O) groups excluding carboxylic acids is 1. The van der Waals surface area contributed by atoms with Crippen LogP contribution in [0.4, 0.5) is 0 Å². The van der Waals surface area contributed by atoms with Crippen LogP contribution in [0.15, 0.2) is 18.2 Å². The molecule has 3 heteroatoms. The van der Waals surface area contributed by atoms with Gasteiger partial charge in [-0.15, -0.1) is 0 Å². The van der Waals surface area contributed by atoms with Gasteiger partial charge in [-0.3, -0.25) is 4.79 Å². The lowest BCUT2D eigenvalue weighted by Crippen LogP contribution is -2.32. The topological polar surface area (TPSA) is 41.1 Å². The molecule has 0 aromatic heterocycles. The molecule has 0 spiro atoms. The highest BCUT2D eigenvalue weighted by molar-refractivity contribution is 5.77. The minimum absolute atomic E-state index is 0.0631. The second kappa shape index (κ2) is 7.07. The summed E-state index contributed by atoms with van der Waals surface area (Å²) in [5, 5.41) is 5.71. The van der Waals surface area contributed by atoms with Crippen molar-refractivity contribution in [3.05, 3.63) is 34.9 Å². The summed E-state index contributed by atoms with van der Waals surface area (Å²) in [6.07, 6.45) is 2.01. The Bertz CT molecular complexity index is 374. The van der Waals surface area contributed by atoms with Crippen molar-refractivity contribution in [2.45, 2.75) is 26.7 Å². The first-order chi connectivity index (χ1) is 8.13.